The summed E-state index contributed by atoms with van der Waals surface area (Å²) in [6.45, 7) is 3.75. The Labute approximate surface area is 92.9 Å². The van der Waals surface area contributed by atoms with E-state index in [-0.39, 0.29) is 5.92 Å². The maximum Gasteiger partial charge on any atom is 0.311 e. The molecule has 1 N–H and O–H groups in total. The molecule has 1 atom stereocenters. The van der Waals surface area contributed by atoms with E-state index in [0.29, 0.717) is 16.7 Å². The standard InChI is InChI=1S/C12H13NO3/c1-7(2)10(12(14)15)8-6-16-9-4-3-5-13-11(8)9/h3-7,10H,1-2H3,(H,14,15). The number of carboxylic acid groups (broad SMARTS) is 1. The zero-order chi connectivity index (χ0) is 11.7. The monoisotopic (exact) mass is 219 g/mol. The van der Waals surface area contributed by atoms with Gasteiger partial charge in [-0.05, 0) is 18.1 Å². The third kappa shape index (κ3) is 1.66. The minimum absolute atomic E-state index is 0.000283. The van der Waals surface area contributed by atoms with Crippen LogP contribution >= 0.6 is 0 Å². The molecule has 2 aromatic heterocycles. The molecule has 2 aromatic rings. The van der Waals surface area contributed by atoms with Crippen LogP contribution in [-0.4, -0.2) is 16.1 Å². The Kier molecular flexibility index (Phi) is 2.64. The fourth-order valence-corrected chi connectivity index (χ4v) is 1.88. The average Bonchev–Trinajstić information content (AvgIpc) is 2.61. The first-order chi connectivity index (χ1) is 7.61. The Morgan fingerprint density at radius 3 is 2.88 bits per heavy atom. The minimum atomic E-state index is -0.844. The second-order valence-electron chi connectivity index (χ2n) is 4.10. The Bertz CT molecular complexity index is 516. The zero-order valence-electron chi connectivity index (χ0n) is 9.18. The van der Waals surface area contributed by atoms with Gasteiger partial charge in [0.25, 0.3) is 0 Å². The summed E-state index contributed by atoms with van der Waals surface area (Å²) < 4.78 is 5.30. The highest BCUT2D eigenvalue weighted by Gasteiger charge is 2.27. The molecule has 2 heterocycles. The second kappa shape index (κ2) is 3.96. The summed E-state index contributed by atoms with van der Waals surface area (Å²) in [5, 5.41) is 9.21. The van der Waals surface area contributed by atoms with E-state index in [0.717, 1.165) is 0 Å². The number of hydrogen-bond acceptors (Lipinski definition) is 3. The number of carbonyl (C=O) groups is 1. The van der Waals surface area contributed by atoms with E-state index in [1.807, 2.05) is 13.8 Å². The number of aliphatic carboxylic acids is 1. The second-order valence-corrected chi connectivity index (χ2v) is 4.10. The van der Waals surface area contributed by atoms with Gasteiger partial charge in [-0.15, -0.1) is 0 Å². The van der Waals surface area contributed by atoms with Gasteiger partial charge in [-0.3, -0.25) is 9.78 Å². The molecule has 16 heavy (non-hydrogen) atoms. The summed E-state index contributed by atoms with van der Waals surface area (Å²) in [6, 6.07) is 3.55. The molecule has 0 saturated heterocycles. The molecule has 0 spiro atoms. The number of aromatic nitrogens is 1. The highest BCUT2D eigenvalue weighted by molar-refractivity contribution is 5.85. The van der Waals surface area contributed by atoms with Gasteiger partial charge in [0, 0.05) is 11.8 Å². The van der Waals surface area contributed by atoms with E-state index in [9.17, 15) is 9.90 Å². The van der Waals surface area contributed by atoms with E-state index in [1.165, 1.54) is 6.26 Å². The summed E-state index contributed by atoms with van der Waals surface area (Å²) in [6.07, 6.45) is 3.14. The molecule has 0 aromatic carbocycles. The highest BCUT2D eigenvalue weighted by Crippen LogP contribution is 2.31. The first-order valence-corrected chi connectivity index (χ1v) is 5.16. The van der Waals surface area contributed by atoms with E-state index in [1.54, 1.807) is 18.3 Å². The Morgan fingerprint density at radius 2 is 2.25 bits per heavy atom. The Morgan fingerprint density at radius 1 is 1.50 bits per heavy atom. The van der Waals surface area contributed by atoms with Crippen molar-refractivity contribution >= 4 is 17.1 Å². The lowest BCUT2D eigenvalue weighted by Crippen LogP contribution is -2.17. The lowest BCUT2D eigenvalue weighted by molar-refractivity contribution is -0.139. The van der Waals surface area contributed by atoms with Crippen molar-refractivity contribution in [2.45, 2.75) is 19.8 Å². The van der Waals surface area contributed by atoms with Crippen molar-refractivity contribution in [3.8, 4) is 0 Å². The van der Waals surface area contributed by atoms with Crippen LogP contribution < -0.4 is 0 Å². The molecule has 0 aliphatic heterocycles. The number of rotatable bonds is 3. The molecule has 4 heteroatoms. The highest BCUT2D eigenvalue weighted by atomic mass is 16.4. The number of fused-ring (bicyclic) bond motifs is 1. The van der Waals surface area contributed by atoms with Gasteiger partial charge in [0.15, 0.2) is 5.58 Å². The fraction of sp³-hybridized carbons (Fsp3) is 0.333. The molecule has 2 rings (SSSR count). The molecule has 1 unspecified atom stereocenters. The maximum absolute atomic E-state index is 11.2. The molecule has 0 radical (unpaired) electrons. The molecule has 4 nitrogen and oxygen atoms in total. The predicted octanol–water partition coefficient (Wildman–Crippen LogP) is 2.65. The van der Waals surface area contributed by atoms with Crippen molar-refractivity contribution in [1.82, 2.24) is 4.98 Å². The van der Waals surface area contributed by atoms with Gasteiger partial charge in [-0.1, -0.05) is 13.8 Å². The first-order valence-electron chi connectivity index (χ1n) is 5.16. The maximum atomic E-state index is 11.2. The van der Waals surface area contributed by atoms with Gasteiger partial charge < -0.3 is 9.52 Å². The van der Waals surface area contributed by atoms with Crippen LogP contribution in [0, 0.1) is 5.92 Å². The molecule has 0 aliphatic rings. The predicted molar refractivity (Wildman–Crippen MR) is 59.2 cm³/mol. The normalized spacial score (nSPS) is 13.2. The fourth-order valence-electron chi connectivity index (χ4n) is 1.88. The summed E-state index contributed by atoms with van der Waals surface area (Å²) in [4.78, 5) is 15.4. The first kappa shape index (κ1) is 10.7. The van der Waals surface area contributed by atoms with Crippen molar-refractivity contribution in [3.05, 3.63) is 30.2 Å². The van der Waals surface area contributed by atoms with Crippen LogP contribution in [-0.2, 0) is 4.79 Å². The number of nitrogens with zero attached hydrogens (tertiary/aromatic N) is 1. The molecule has 84 valence electrons. The summed E-state index contributed by atoms with van der Waals surface area (Å²) in [5.74, 6) is -1.42. The Hall–Kier alpha value is -1.84. The van der Waals surface area contributed by atoms with Crippen LogP contribution in [0.5, 0.6) is 0 Å². The lowest BCUT2D eigenvalue weighted by Gasteiger charge is -2.14. The van der Waals surface area contributed by atoms with Crippen LogP contribution in [0.15, 0.2) is 29.0 Å². The lowest BCUT2D eigenvalue weighted by atomic mass is 9.89. The number of carboxylic acids is 1. The van der Waals surface area contributed by atoms with Crippen molar-refractivity contribution in [1.29, 1.82) is 0 Å². The third-order valence-corrected chi connectivity index (χ3v) is 2.62. The largest absolute Gasteiger partial charge is 0.481 e. The van der Waals surface area contributed by atoms with E-state index >= 15 is 0 Å². The van der Waals surface area contributed by atoms with Crippen LogP contribution in [0.3, 0.4) is 0 Å². The van der Waals surface area contributed by atoms with Gasteiger partial charge in [0.1, 0.15) is 5.52 Å². The van der Waals surface area contributed by atoms with E-state index in [2.05, 4.69) is 4.98 Å². The summed E-state index contributed by atoms with van der Waals surface area (Å²) >= 11 is 0. The van der Waals surface area contributed by atoms with Crippen molar-refractivity contribution in [2.75, 3.05) is 0 Å². The number of furan rings is 1. The summed E-state index contributed by atoms with van der Waals surface area (Å²) in [7, 11) is 0. The zero-order valence-corrected chi connectivity index (χ0v) is 9.18. The SMILES string of the molecule is CC(C)C(C(=O)O)c1coc2cccnc12. The van der Waals surface area contributed by atoms with Crippen LogP contribution in [0.1, 0.15) is 25.3 Å². The molecular weight excluding hydrogens is 206 g/mol. The van der Waals surface area contributed by atoms with Crippen LogP contribution in [0.2, 0.25) is 0 Å². The van der Waals surface area contributed by atoms with Crippen molar-refractivity contribution in [3.63, 3.8) is 0 Å². The molecule has 0 bridgehead atoms. The smallest absolute Gasteiger partial charge is 0.311 e. The van der Waals surface area contributed by atoms with Crippen molar-refractivity contribution < 1.29 is 14.3 Å². The third-order valence-electron chi connectivity index (χ3n) is 2.62. The van der Waals surface area contributed by atoms with Gasteiger partial charge >= 0.3 is 5.97 Å². The Balaban J connectivity index is 2.57. The quantitative estimate of drug-likeness (QED) is 0.861. The van der Waals surface area contributed by atoms with Gasteiger partial charge in [-0.2, -0.15) is 0 Å². The number of hydrogen-bond donors (Lipinski definition) is 1. The van der Waals surface area contributed by atoms with Gasteiger partial charge in [-0.25, -0.2) is 0 Å². The molecule has 0 amide bonds. The van der Waals surface area contributed by atoms with E-state index in [4.69, 9.17) is 4.42 Å². The number of pyridine rings is 1. The van der Waals surface area contributed by atoms with E-state index < -0.39 is 11.9 Å². The minimum Gasteiger partial charge on any atom is -0.481 e. The summed E-state index contributed by atoms with van der Waals surface area (Å²) in [5.41, 5.74) is 1.92. The molecule has 0 saturated carbocycles. The average molecular weight is 219 g/mol. The van der Waals surface area contributed by atoms with Gasteiger partial charge in [0.2, 0.25) is 0 Å². The van der Waals surface area contributed by atoms with Crippen LogP contribution in [0.25, 0.3) is 11.1 Å². The molecular formula is C12H13NO3. The molecule has 0 aliphatic carbocycles. The van der Waals surface area contributed by atoms with Crippen molar-refractivity contribution in [2.24, 2.45) is 5.92 Å². The topological polar surface area (TPSA) is 63.3 Å². The van der Waals surface area contributed by atoms with Gasteiger partial charge in [0.05, 0.1) is 12.2 Å². The van der Waals surface area contributed by atoms with Crippen LogP contribution in [0.4, 0.5) is 0 Å². The molecule has 0 fully saturated rings.